The Morgan fingerprint density at radius 2 is 1.35 bits per heavy atom. The molecule has 0 spiro atoms. The fourth-order valence-corrected chi connectivity index (χ4v) is 7.56. The molecule has 9 heteroatoms. The Morgan fingerprint density at radius 3 is 1.82 bits per heavy atom. The van der Waals surface area contributed by atoms with Crippen LogP contribution in [0.4, 0.5) is 11.9 Å². The van der Waals surface area contributed by atoms with Crippen LogP contribution in [0, 0.1) is 0 Å². The molecule has 170 valence electrons. The second-order valence-corrected chi connectivity index (χ2v) is 10.7. The second kappa shape index (κ2) is 9.09. The average molecular weight is 470 g/mol. The van der Waals surface area contributed by atoms with Crippen molar-refractivity contribution in [1.29, 1.82) is 0 Å². The van der Waals surface area contributed by atoms with Gasteiger partial charge in [-0.25, -0.2) is 9.73 Å². The molecule has 0 atom stereocenters. The van der Waals surface area contributed by atoms with E-state index in [-0.39, 0.29) is 24.6 Å². The fraction of sp³-hybridized carbons (Fsp3) is 0.0800. The van der Waals surface area contributed by atoms with Gasteiger partial charge in [0.05, 0.1) is 20.2 Å². The Labute approximate surface area is 195 Å². The average Bonchev–Trinajstić information content (AvgIpc) is 3.21. The first-order valence-corrected chi connectivity index (χ1v) is 12.5. The van der Waals surface area contributed by atoms with Crippen molar-refractivity contribution in [3.8, 4) is 0 Å². The molecular formula is C25H23N6O2P. The van der Waals surface area contributed by atoms with Crippen LogP contribution >= 0.6 is 7.05 Å². The lowest BCUT2D eigenvalue weighted by Crippen LogP contribution is -2.25. The number of benzene rings is 3. The Kier molecular flexibility index (Phi) is 5.84. The molecule has 2 aromatic heterocycles. The van der Waals surface area contributed by atoms with E-state index in [1.54, 1.807) is 4.57 Å². The quantitative estimate of drug-likeness (QED) is 0.329. The number of anilines is 1. The van der Waals surface area contributed by atoms with Crippen molar-refractivity contribution < 1.29 is 5.11 Å². The van der Waals surface area contributed by atoms with Crippen LogP contribution in [-0.2, 0) is 6.54 Å². The molecule has 0 unspecified atom stereocenters. The number of H-pyrrole nitrogens is 1. The minimum atomic E-state index is -2.62. The summed E-state index contributed by atoms with van der Waals surface area (Å²) < 4.78 is 7.00. The molecule has 0 saturated carbocycles. The van der Waals surface area contributed by atoms with Gasteiger partial charge in [-0.15, -0.1) is 0 Å². The van der Waals surface area contributed by atoms with Gasteiger partial charge < -0.3 is 10.8 Å². The molecule has 0 fully saturated rings. The van der Waals surface area contributed by atoms with E-state index in [4.69, 9.17) is 10.5 Å². The maximum atomic E-state index is 12.6. The SMILES string of the molecule is Nc1nc2c(nc(N=P(c3ccccc3)(c3ccccc3)c3ccccc3)n2CCO)c(=O)[nH]1. The zero-order chi connectivity index (χ0) is 23.5. The Morgan fingerprint density at radius 1 is 0.853 bits per heavy atom. The van der Waals surface area contributed by atoms with E-state index in [0.717, 1.165) is 15.9 Å². The Bertz CT molecular complexity index is 1440. The highest BCUT2D eigenvalue weighted by atomic mass is 31.2. The van der Waals surface area contributed by atoms with E-state index in [0.29, 0.717) is 11.6 Å². The molecule has 4 N–H and O–H groups in total. The number of hydrogen-bond donors (Lipinski definition) is 3. The normalized spacial score (nSPS) is 11.6. The summed E-state index contributed by atoms with van der Waals surface area (Å²) >= 11 is 0. The molecule has 5 aromatic rings. The van der Waals surface area contributed by atoms with Crippen LogP contribution in [-0.4, -0.2) is 31.2 Å². The first-order valence-electron chi connectivity index (χ1n) is 10.8. The van der Waals surface area contributed by atoms with Gasteiger partial charge in [0.2, 0.25) is 11.9 Å². The lowest BCUT2D eigenvalue weighted by Gasteiger charge is -2.26. The van der Waals surface area contributed by atoms with Crippen LogP contribution in [0.5, 0.6) is 0 Å². The minimum absolute atomic E-state index is 0.0154. The van der Waals surface area contributed by atoms with Gasteiger partial charge in [-0.2, -0.15) is 4.98 Å². The van der Waals surface area contributed by atoms with E-state index in [1.165, 1.54) is 0 Å². The molecule has 3 aromatic carbocycles. The summed E-state index contributed by atoms with van der Waals surface area (Å²) in [5, 5.41) is 12.9. The molecule has 8 nitrogen and oxygen atoms in total. The summed E-state index contributed by atoms with van der Waals surface area (Å²) in [6, 6.07) is 30.3. The molecule has 5 rings (SSSR count). The van der Waals surface area contributed by atoms with E-state index in [2.05, 4.69) is 51.4 Å². The van der Waals surface area contributed by atoms with Gasteiger partial charge in [0, 0.05) is 15.9 Å². The second-order valence-electron chi connectivity index (χ2n) is 7.65. The molecule has 34 heavy (non-hydrogen) atoms. The maximum Gasteiger partial charge on any atom is 0.280 e. The van der Waals surface area contributed by atoms with Crippen LogP contribution in [0.15, 0.2) is 101 Å². The number of aliphatic hydroxyl groups is 1. The van der Waals surface area contributed by atoms with Crippen molar-refractivity contribution in [3.05, 3.63) is 101 Å². The number of nitrogen functional groups attached to an aromatic ring is 1. The molecule has 0 bridgehead atoms. The number of nitrogens with two attached hydrogens (primary N) is 1. The predicted molar refractivity (Wildman–Crippen MR) is 137 cm³/mol. The smallest absolute Gasteiger partial charge is 0.280 e. The number of imidazole rings is 1. The highest BCUT2D eigenvalue weighted by Crippen LogP contribution is 2.49. The molecule has 0 aliphatic carbocycles. The third kappa shape index (κ3) is 3.73. The van der Waals surface area contributed by atoms with E-state index >= 15 is 0 Å². The summed E-state index contributed by atoms with van der Waals surface area (Å²) in [5.41, 5.74) is 5.79. The van der Waals surface area contributed by atoms with Crippen LogP contribution in [0.3, 0.4) is 0 Å². The third-order valence-electron chi connectivity index (χ3n) is 5.56. The number of aromatic nitrogens is 4. The number of nitrogens with one attached hydrogen (secondary N) is 1. The summed E-state index contributed by atoms with van der Waals surface area (Å²) in [5.74, 6) is 0.302. The van der Waals surface area contributed by atoms with Gasteiger partial charge in [-0.05, 0) is 0 Å². The topological polar surface area (TPSA) is 122 Å². The summed E-state index contributed by atoms with van der Waals surface area (Å²) in [6.07, 6.45) is 0. The van der Waals surface area contributed by atoms with Crippen LogP contribution < -0.4 is 27.2 Å². The number of nitrogens with zero attached hydrogens (tertiary/aromatic N) is 4. The number of fused-ring (bicyclic) bond motifs is 1. The van der Waals surface area contributed by atoms with Crippen LogP contribution in [0.25, 0.3) is 11.2 Å². The molecule has 2 heterocycles. The van der Waals surface area contributed by atoms with Gasteiger partial charge >= 0.3 is 0 Å². The summed E-state index contributed by atoms with van der Waals surface area (Å²) in [4.78, 5) is 24.0. The maximum absolute atomic E-state index is 12.6. The standard InChI is InChI=1S/C25H23N6O2P/c26-24-28-22-21(23(33)29-24)27-25(31(22)16-17-32)30-34(18-10-4-1-5-11-18,19-12-6-2-7-13-19)20-14-8-3-9-15-20/h1-15,32H,16-17H2,(H3,26,28,29,33). The number of hydrogen-bond acceptors (Lipinski definition) is 6. The summed E-state index contributed by atoms with van der Waals surface area (Å²) in [7, 11) is -2.62. The zero-order valence-electron chi connectivity index (χ0n) is 18.2. The van der Waals surface area contributed by atoms with Gasteiger partial charge in [-0.3, -0.25) is 14.3 Å². The Balaban J connectivity index is 1.96. The molecule has 0 saturated heterocycles. The van der Waals surface area contributed by atoms with Crippen LogP contribution in [0.1, 0.15) is 0 Å². The highest BCUT2D eigenvalue weighted by molar-refractivity contribution is 7.87. The van der Waals surface area contributed by atoms with Crippen molar-refractivity contribution in [2.45, 2.75) is 6.54 Å². The number of aliphatic hydroxyl groups excluding tert-OH is 1. The largest absolute Gasteiger partial charge is 0.395 e. The monoisotopic (exact) mass is 470 g/mol. The predicted octanol–water partition coefficient (Wildman–Crippen LogP) is 2.50. The first-order chi connectivity index (χ1) is 16.6. The van der Waals surface area contributed by atoms with Crippen molar-refractivity contribution >= 4 is 46.0 Å². The van der Waals surface area contributed by atoms with Crippen molar-refractivity contribution in [3.63, 3.8) is 0 Å². The van der Waals surface area contributed by atoms with Crippen molar-refractivity contribution in [2.24, 2.45) is 4.74 Å². The van der Waals surface area contributed by atoms with Gasteiger partial charge in [0.1, 0.15) is 0 Å². The van der Waals surface area contributed by atoms with Crippen LogP contribution in [0.2, 0.25) is 0 Å². The first kappa shape index (κ1) is 21.8. The van der Waals surface area contributed by atoms with Crippen molar-refractivity contribution in [1.82, 2.24) is 19.5 Å². The molecule has 0 aliphatic rings. The number of aromatic amines is 1. The molecule has 0 radical (unpaired) electrons. The molecular weight excluding hydrogens is 447 g/mol. The minimum Gasteiger partial charge on any atom is -0.395 e. The molecule has 0 aliphatic heterocycles. The van der Waals surface area contributed by atoms with E-state index < -0.39 is 12.6 Å². The van der Waals surface area contributed by atoms with Gasteiger partial charge in [0.15, 0.2) is 11.2 Å². The summed E-state index contributed by atoms with van der Waals surface area (Å²) in [6.45, 7) is -0.000580. The highest BCUT2D eigenvalue weighted by Gasteiger charge is 2.29. The third-order valence-corrected chi connectivity index (χ3v) is 9.17. The Hall–Kier alpha value is -4.00. The lowest BCUT2D eigenvalue weighted by atomic mass is 10.4. The number of rotatable bonds is 6. The lowest BCUT2D eigenvalue weighted by molar-refractivity contribution is 0.278. The van der Waals surface area contributed by atoms with Gasteiger partial charge in [0.25, 0.3) is 5.56 Å². The van der Waals surface area contributed by atoms with Crippen molar-refractivity contribution in [2.75, 3.05) is 12.3 Å². The zero-order valence-corrected chi connectivity index (χ0v) is 19.1. The van der Waals surface area contributed by atoms with E-state index in [1.807, 2.05) is 54.6 Å². The fourth-order valence-electron chi connectivity index (χ4n) is 4.08. The molecule has 0 amide bonds. The van der Waals surface area contributed by atoms with Gasteiger partial charge in [-0.1, -0.05) is 91.0 Å². The van der Waals surface area contributed by atoms with E-state index in [9.17, 15) is 9.90 Å².